The van der Waals surface area contributed by atoms with Crippen molar-refractivity contribution in [3.8, 4) is 5.75 Å². The van der Waals surface area contributed by atoms with Gasteiger partial charge in [0.2, 0.25) is 0 Å². The number of hydrogen-bond acceptors (Lipinski definition) is 2. The molecule has 0 aliphatic carbocycles. The molecule has 0 spiro atoms. The van der Waals surface area contributed by atoms with Crippen molar-refractivity contribution in [2.75, 3.05) is 6.61 Å². The molecule has 0 heterocycles. The third kappa shape index (κ3) is 5.53. The van der Waals surface area contributed by atoms with E-state index >= 15 is 0 Å². The summed E-state index contributed by atoms with van der Waals surface area (Å²) in [6, 6.07) is 6.58. The quantitative estimate of drug-likeness (QED) is 0.740. The Morgan fingerprint density at radius 3 is 2.58 bits per heavy atom. The van der Waals surface area contributed by atoms with Gasteiger partial charge in [-0.15, -0.1) is 0 Å². The van der Waals surface area contributed by atoms with Crippen molar-refractivity contribution in [1.82, 2.24) is 0 Å². The van der Waals surface area contributed by atoms with Crippen LogP contribution in [0.3, 0.4) is 0 Å². The molecule has 2 N–H and O–H groups in total. The Hall–Kier alpha value is -0.540. The number of rotatable bonds is 8. The Kier molecular flexibility index (Phi) is 7.47. The molecule has 2 nitrogen and oxygen atoms in total. The number of benzene rings is 1. The highest BCUT2D eigenvalue weighted by molar-refractivity contribution is 9.10. The number of hydrogen-bond donors (Lipinski definition) is 1. The monoisotopic (exact) mass is 327 g/mol. The predicted molar refractivity (Wildman–Crippen MR) is 85.8 cm³/mol. The van der Waals surface area contributed by atoms with Crippen molar-refractivity contribution in [2.45, 2.75) is 58.4 Å². The molecule has 0 saturated heterocycles. The SMILES string of the molecule is CCCOc1ccc(Br)cc1C(CC)CCC(C)N. The fourth-order valence-corrected chi connectivity index (χ4v) is 2.60. The molecule has 1 aromatic carbocycles. The zero-order valence-corrected chi connectivity index (χ0v) is 13.9. The van der Waals surface area contributed by atoms with Gasteiger partial charge in [0, 0.05) is 10.5 Å². The molecule has 19 heavy (non-hydrogen) atoms. The van der Waals surface area contributed by atoms with Gasteiger partial charge in [-0.1, -0.05) is 29.8 Å². The van der Waals surface area contributed by atoms with Gasteiger partial charge >= 0.3 is 0 Å². The maximum atomic E-state index is 5.88. The Labute approximate surface area is 125 Å². The Morgan fingerprint density at radius 1 is 1.26 bits per heavy atom. The second-order valence-electron chi connectivity index (χ2n) is 5.19. The van der Waals surface area contributed by atoms with Crippen LogP contribution in [0.15, 0.2) is 22.7 Å². The molecule has 3 heteroatoms. The van der Waals surface area contributed by atoms with Crippen molar-refractivity contribution in [2.24, 2.45) is 5.73 Å². The summed E-state index contributed by atoms with van der Waals surface area (Å²) in [7, 11) is 0. The number of halogens is 1. The lowest BCUT2D eigenvalue weighted by Gasteiger charge is -2.20. The molecule has 0 amide bonds. The highest BCUT2D eigenvalue weighted by Gasteiger charge is 2.16. The summed E-state index contributed by atoms with van der Waals surface area (Å²) in [5, 5.41) is 0. The van der Waals surface area contributed by atoms with E-state index in [1.54, 1.807) is 0 Å². The highest BCUT2D eigenvalue weighted by Crippen LogP contribution is 2.34. The van der Waals surface area contributed by atoms with E-state index in [4.69, 9.17) is 10.5 Å². The van der Waals surface area contributed by atoms with Gasteiger partial charge in [0.1, 0.15) is 5.75 Å². The lowest BCUT2D eigenvalue weighted by molar-refractivity contribution is 0.310. The molecule has 0 bridgehead atoms. The molecular weight excluding hydrogens is 302 g/mol. The minimum Gasteiger partial charge on any atom is -0.493 e. The lowest BCUT2D eigenvalue weighted by atomic mass is 9.90. The van der Waals surface area contributed by atoms with Gasteiger partial charge in [0.25, 0.3) is 0 Å². The minimum atomic E-state index is 0.265. The molecule has 1 aromatic rings. The van der Waals surface area contributed by atoms with Crippen LogP contribution in [-0.2, 0) is 0 Å². The van der Waals surface area contributed by atoms with Gasteiger partial charge < -0.3 is 10.5 Å². The van der Waals surface area contributed by atoms with Crippen molar-refractivity contribution in [1.29, 1.82) is 0 Å². The molecule has 0 radical (unpaired) electrons. The van der Waals surface area contributed by atoms with Crippen LogP contribution in [0.4, 0.5) is 0 Å². The highest BCUT2D eigenvalue weighted by atomic mass is 79.9. The molecule has 0 fully saturated rings. The van der Waals surface area contributed by atoms with Gasteiger partial charge in [0.05, 0.1) is 6.61 Å². The molecule has 2 atom stereocenters. The first-order valence-electron chi connectivity index (χ1n) is 7.26. The van der Waals surface area contributed by atoms with Crippen LogP contribution in [0.5, 0.6) is 5.75 Å². The van der Waals surface area contributed by atoms with E-state index in [0.29, 0.717) is 5.92 Å². The summed E-state index contributed by atoms with van der Waals surface area (Å²) in [6.07, 6.45) is 4.32. The zero-order chi connectivity index (χ0) is 14.3. The Bertz CT molecular complexity index is 379. The van der Waals surface area contributed by atoms with Gasteiger partial charge in [-0.3, -0.25) is 0 Å². The van der Waals surface area contributed by atoms with Crippen molar-refractivity contribution in [3.05, 3.63) is 28.2 Å². The van der Waals surface area contributed by atoms with Crippen LogP contribution in [-0.4, -0.2) is 12.6 Å². The first kappa shape index (κ1) is 16.5. The zero-order valence-electron chi connectivity index (χ0n) is 12.3. The van der Waals surface area contributed by atoms with E-state index in [1.807, 2.05) is 6.07 Å². The van der Waals surface area contributed by atoms with Crippen LogP contribution < -0.4 is 10.5 Å². The Morgan fingerprint density at radius 2 is 2.00 bits per heavy atom. The van der Waals surface area contributed by atoms with E-state index < -0.39 is 0 Å². The molecule has 0 aromatic heterocycles. The van der Waals surface area contributed by atoms with Crippen LogP contribution in [0, 0.1) is 0 Å². The first-order chi connectivity index (χ1) is 9.08. The van der Waals surface area contributed by atoms with Gasteiger partial charge in [-0.05, 0) is 62.3 Å². The van der Waals surface area contributed by atoms with Crippen molar-refractivity contribution >= 4 is 15.9 Å². The summed E-state index contributed by atoms with van der Waals surface area (Å²) in [4.78, 5) is 0. The van der Waals surface area contributed by atoms with Crippen molar-refractivity contribution < 1.29 is 4.74 Å². The van der Waals surface area contributed by atoms with E-state index in [-0.39, 0.29) is 6.04 Å². The van der Waals surface area contributed by atoms with Crippen LogP contribution in [0.25, 0.3) is 0 Å². The normalized spacial score (nSPS) is 14.2. The minimum absolute atomic E-state index is 0.265. The summed E-state index contributed by atoms with van der Waals surface area (Å²) in [5.74, 6) is 1.55. The second-order valence-corrected chi connectivity index (χ2v) is 6.11. The molecule has 2 unspecified atom stereocenters. The van der Waals surface area contributed by atoms with E-state index in [9.17, 15) is 0 Å². The molecule has 0 saturated carbocycles. The summed E-state index contributed by atoms with van der Waals surface area (Å²) in [5.41, 5.74) is 7.19. The fourth-order valence-electron chi connectivity index (χ4n) is 2.23. The van der Waals surface area contributed by atoms with Gasteiger partial charge in [0.15, 0.2) is 0 Å². The fraction of sp³-hybridized carbons (Fsp3) is 0.625. The van der Waals surface area contributed by atoms with Crippen LogP contribution in [0.1, 0.15) is 57.9 Å². The van der Waals surface area contributed by atoms with E-state index in [2.05, 4.69) is 48.8 Å². The largest absolute Gasteiger partial charge is 0.493 e. The smallest absolute Gasteiger partial charge is 0.122 e. The van der Waals surface area contributed by atoms with Gasteiger partial charge in [-0.25, -0.2) is 0 Å². The molecule has 1 rings (SSSR count). The van der Waals surface area contributed by atoms with Gasteiger partial charge in [-0.2, -0.15) is 0 Å². The Balaban J connectivity index is 2.89. The maximum Gasteiger partial charge on any atom is 0.122 e. The predicted octanol–water partition coefficient (Wildman–Crippen LogP) is 4.86. The van der Waals surface area contributed by atoms with Crippen molar-refractivity contribution in [3.63, 3.8) is 0 Å². The summed E-state index contributed by atoms with van der Waals surface area (Å²) >= 11 is 3.56. The third-order valence-electron chi connectivity index (χ3n) is 3.34. The molecule has 108 valence electrons. The average Bonchev–Trinajstić information content (AvgIpc) is 2.38. The van der Waals surface area contributed by atoms with E-state index in [1.165, 1.54) is 5.56 Å². The topological polar surface area (TPSA) is 35.2 Å². The van der Waals surface area contributed by atoms with Crippen LogP contribution in [0.2, 0.25) is 0 Å². The lowest BCUT2D eigenvalue weighted by Crippen LogP contribution is -2.16. The van der Waals surface area contributed by atoms with Crippen LogP contribution >= 0.6 is 15.9 Å². The average molecular weight is 328 g/mol. The summed E-state index contributed by atoms with van der Waals surface area (Å²) < 4.78 is 7.00. The molecular formula is C16H26BrNO. The second kappa shape index (κ2) is 8.60. The maximum absolute atomic E-state index is 5.88. The molecule has 0 aliphatic rings. The number of ether oxygens (including phenoxy) is 1. The summed E-state index contributed by atoms with van der Waals surface area (Å²) in [6.45, 7) is 7.21. The number of nitrogens with two attached hydrogens (primary N) is 1. The standard InChI is InChI=1S/C16H26BrNO/c1-4-10-19-16-9-8-14(17)11-15(16)13(5-2)7-6-12(3)18/h8-9,11-13H,4-7,10,18H2,1-3H3. The van der Waals surface area contributed by atoms with E-state index in [0.717, 1.165) is 42.5 Å². The first-order valence-corrected chi connectivity index (χ1v) is 8.05. The molecule has 0 aliphatic heterocycles. The third-order valence-corrected chi connectivity index (χ3v) is 3.83.